The Labute approximate surface area is 195 Å². The molecule has 1 saturated carbocycles. The van der Waals surface area contributed by atoms with Crippen LogP contribution in [0.1, 0.15) is 43.5 Å². The van der Waals surface area contributed by atoms with E-state index in [2.05, 4.69) is 5.32 Å². The van der Waals surface area contributed by atoms with Crippen LogP contribution < -0.4 is 5.32 Å². The maximum Gasteiger partial charge on any atom is 0.255 e. The van der Waals surface area contributed by atoms with E-state index in [1.807, 2.05) is 6.92 Å². The molecule has 1 unspecified atom stereocenters. The lowest BCUT2D eigenvalue weighted by molar-refractivity contribution is 0.102. The number of aliphatic hydroxyl groups is 1. The molecule has 2 aromatic carbocycles. The van der Waals surface area contributed by atoms with Crippen molar-refractivity contribution in [1.29, 1.82) is 0 Å². The molecule has 2 aromatic rings. The molecule has 1 amide bonds. The van der Waals surface area contributed by atoms with Crippen molar-refractivity contribution in [1.82, 2.24) is 0 Å². The van der Waals surface area contributed by atoms with E-state index in [1.165, 1.54) is 12.1 Å². The Morgan fingerprint density at radius 1 is 1.18 bits per heavy atom. The fourth-order valence-corrected chi connectivity index (χ4v) is 6.89. The zero-order valence-corrected chi connectivity index (χ0v) is 19.7. The van der Waals surface area contributed by atoms with E-state index in [1.54, 1.807) is 6.92 Å². The maximum absolute atomic E-state index is 13.4. The molecule has 0 saturated heterocycles. The summed E-state index contributed by atoms with van der Waals surface area (Å²) in [6.07, 6.45) is 1.65. The minimum atomic E-state index is -3.89. The van der Waals surface area contributed by atoms with Crippen molar-refractivity contribution in [3.63, 3.8) is 0 Å². The third-order valence-corrected chi connectivity index (χ3v) is 8.43. The number of carbonyl (C=O) groups is 1. The maximum atomic E-state index is 13.4. The topological polar surface area (TPSA) is 83.5 Å². The molecule has 10 heteroatoms. The second kappa shape index (κ2) is 10.0. The molecule has 33 heavy (non-hydrogen) atoms. The first-order valence-corrected chi connectivity index (χ1v) is 12.6. The Morgan fingerprint density at radius 2 is 1.82 bits per heavy atom. The first-order chi connectivity index (χ1) is 15.4. The van der Waals surface area contributed by atoms with Gasteiger partial charge in [0.1, 0.15) is 0 Å². The van der Waals surface area contributed by atoms with Crippen molar-refractivity contribution in [3.05, 3.63) is 58.4 Å². The number of anilines is 1. The average Bonchev–Trinajstić information content (AvgIpc) is 3.04. The van der Waals surface area contributed by atoms with Crippen molar-refractivity contribution in [2.45, 2.75) is 44.1 Å². The lowest BCUT2D eigenvalue weighted by Crippen LogP contribution is -2.26. The van der Waals surface area contributed by atoms with Gasteiger partial charge in [-0.1, -0.05) is 24.9 Å². The number of amides is 1. The zero-order valence-electron chi connectivity index (χ0n) is 18.1. The van der Waals surface area contributed by atoms with Gasteiger partial charge in [0, 0.05) is 23.4 Å². The highest BCUT2D eigenvalue weighted by molar-refractivity contribution is 7.91. The highest BCUT2D eigenvalue weighted by Crippen LogP contribution is 2.41. The summed E-state index contributed by atoms with van der Waals surface area (Å²) >= 11 is 6.16. The van der Waals surface area contributed by atoms with Crippen LogP contribution in [-0.2, 0) is 9.84 Å². The van der Waals surface area contributed by atoms with Gasteiger partial charge >= 0.3 is 0 Å². The smallest absolute Gasteiger partial charge is 0.255 e. The van der Waals surface area contributed by atoms with Crippen LogP contribution in [0.5, 0.6) is 0 Å². The Hall–Kier alpha value is -2.10. The van der Waals surface area contributed by atoms with Crippen LogP contribution in [0.4, 0.5) is 18.9 Å². The molecule has 0 radical (unpaired) electrons. The second-order valence-corrected chi connectivity index (χ2v) is 11.1. The summed E-state index contributed by atoms with van der Waals surface area (Å²) < 4.78 is 66.4. The Kier molecular flexibility index (Phi) is 7.76. The van der Waals surface area contributed by atoms with Crippen molar-refractivity contribution >= 4 is 33.0 Å². The molecule has 4 atom stereocenters. The van der Waals surface area contributed by atoms with E-state index >= 15 is 0 Å². The number of sulfone groups is 1. The van der Waals surface area contributed by atoms with E-state index in [4.69, 9.17) is 11.6 Å². The SMILES string of the molecule is CC1CC[C@@H](C[C@@H](C)O)[C@@H]1CS(=O)(=O)c1cc(C(=O)Nc2cc(F)c(F)c(F)c2)ccc1Cl. The lowest BCUT2D eigenvalue weighted by Gasteiger charge is -2.24. The van der Waals surface area contributed by atoms with Gasteiger partial charge in [0.05, 0.1) is 21.8 Å². The number of nitrogens with one attached hydrogen (secondary N) is 1. The fraction of sp³-hybridized carbons (Fsp3) is 0.435. The molecule has 2 N–H and O–H groups in total. The second-order valence-electron chi connectivity index (χ2n) is 8.70. The van der Waals surface area contributed by atoms with Gasteiger partial charge < -0.3 is 10.4 Å². The quantitative estimate of drug-likeness (QED) is 0.508. The molecule has 3 rings (SSSR count). The summed E-state index contributed by atoms with van der Waals surface area (Å²) in [6, 6.07) is 4.90. The van der Waals surface area contributed by atoms with E-state index < -0.39 is 39.3 Å². The number of rotatable bonds is 7. The predicted molar refractivity (Wildman–Crippen MR) is 119 cm³/mol. The highest BCUT2D eigenvalue weighted by atomic mass is 35.5. The average molecular weight is 504 g/mol. The van der Waals surface area contributed by atoms with Gasteiger partial charge in [0.15, 0.2) is 27.3 Å². The van der Waals surface area contributed by atoms with Gasteiger partial charge in [0.25, 0.3) is 5.91 Å². The predicted octanol–water partition coefficient (Wildman–Crippen LogP) is 5.22. The van der Waals surface area contributed by atoms with Crippen molar-refractivity contribution < 1.29 is 31.5 Å². The lowest BCUT2D eigenvalue weighted by atomic mass is 9.88. The molecular formula is C23H25ClF3NO4S. The summed E-state index contributed by atoms with van der Waals surface area (Å²) in [5.41, 5.74) is -0.417. The van der Waals surface area contributed by atoms with Gasteiger partial charge in [-0.25, -0.2) is 21.6 Å². The van der Waals surface area contributed by atoms with Crippen LogP contribution in [0.2, 0.25) is 5.02 Å². The number of carbonyl (C=O) groups excluding carboxylic acids is 1. The van der Waals surface area contributed by atoms with Gasteiger partial charge in [-0.3, -0.25) is 4.79 Å². The van der Waals surface area contributed by atoms with Crippen LogP contribution in [-0.4, -0.2) is 31.3 Å². The molecule has 0 heterocycles. The molecule has 0 aromatic heterocycles. The first-order valence-electron chi connectivity index (χ1n) is 10.5. The molecule has 180 valence electrons. The Balaban J connectivity index is 1.85. The van der Waals surface area contributed by atoms with Gasteiger partial charge in [0.2, 0.25) is 0 Å². The van der Waals surface area contributed by atoms with Gasteiger partial charge in [-0.05, 0) is 55.7 Å². The summed E-state index contributed by atoms with van der Waals surface area (Å²) in [4.78, 5) is 12.3. The third-order valence-electron chi connectivity index (χ3n) is 6.16. The Bertz CT molecular complexity index is 1130. The first kappa shape index (κ1) is 25.5. The van der Waals surface area contributed by atoms with Crippen LogP contribution in [0.15, 0.2) is 35.2 Å². The summed E-state index contributed by atoms with van der Waals surface area (Å²) in [6.45, 7) is 3.65. The number of aliphatic hydroxyl groups excluding tert-OH is 1. The van der Waals surface area contributed by atoms with Gasteiger partial charge in [-0.2, -0.15) is 0 Å². The molecule has 0 bridgehead atoms. The summed E-state index contributed by atoms with van der Waals surface area (Å²) in [5, 5.41) is 11.9. The molecule has 0 aliphatic heterocycles. The third kappa shape index (κ3) is 5.88. The molecule has 5 nitrogen and oxygen atoms in total. The highest BCUT2D eigenvalue weighted by Gasteiger charge is 2.38. The summed E-state index contributed by atoms with van der Waals surface area (Å²) in [7, 11) is -3.89. The molecule has 1 aliphatic rings. The zero-order chi connectivity index (χ0) is 24.5. The van der Waals surface area contributed by atoms with E-state index in [0.717, 1.165) is 18.9 Å². The molecular weight excluding hydrogens is 479 g/mol. The molecule has 0 spiro atoms. The minimum absolute atomic E-state index is 0.0526. The largest absolute Gasteiger partial charge is 0.393 e. The number of hydrogen-bond acceptors (Lipinski definition) is 4. The van der Waals surface area contributed by atoms with Crippen LogP contribution in [0.25, 0.3) is 0 Å². The summed E-state index contributed by atoms with van der Waals surface area (Å²) in [5.74, 6) is -5.57. The van der Waals surface area contributed by atoms with E-state index in [-0.39, 0.29) is 44.7 Å². The fourth-order valence-electron chi connectivity index (χ4n) is 4.46. The normalized spacial score (nSPS) is 21.7. The van der Waals surface area contributed by atoms with E-state index in [0.29, 0.717) is 18.6 Å². The van der Waals surface area contributed by atoms with Gasteiger partial charge in [-0.15, -0.1) is 0 Å². The van der Waals surface area contributed by atoms with E-state index in [9.17, 15) is 31.5 Å². The minimum Gasteiger partial charge on any atom is -0.393 e. The number of halogens is 4. The van der Waals surface area contributed by atoms with Crippen molar-refractivity contribution in [2.75, 3.05) is 11.1 Å². The molecule has 1 fully saturated rings. The number of benzene rings is 2. The van der Waals surface area contributed by atoms with Crippen molar-refractivity contribution in [3.8, 4) is 0 Å². The van der Waals surface area contributed by atoms with Crippen LogP contribution >= 0.6 is 11.6 Å². The van der Waals surface area contributed by atoms with Crippen LogP contribution in [0, 0.1) is 35.2 Å². The monoisotopic (exact) mass is 503 g/mol. The molecule has 1 aliphatic carbocycles. The standard InChI is InChI=1S/C23H25ClF3NO4S/c1-12-3-4-14(7-13(2)29)17(12)11-33(31,32)21-8-15(5-6-18(21)24)23(30)28-16-9-19(25)22(27)20(26)10-16/h5-6,8-10,12-14,17,29H,3-4,7,11H2,1-2H3,(H,28,30)/t12?,13-,14+,17-/m1/s1. The van der Waals surface area contributed by atoms with Crippen LogP contribution in [0.3, 0.4) is 0 Å². The van der Waals surface area contributed by atoms with Crippen molar-refractivity contribution in [2.24, 2.45) is 17.8 Å². The number of hydrogen-bond donors (Lipinski definition) is 2. The Morgan fingerprint density at radius 3 is 2.42 bits per heavy atom.